The van der Waals surface area contributed by atoms with Crippen molar-refractivity contribution in [2.75, 3.05) is 7.11 Å². The van der Waals surface area contributed by atoms with Gasteiger partial charge in [-0.2, -0.15) is 13.2 Å². The van der Waals surface area contributed by atoms with Crippen molar-refractivity contribution < 1.29 is 38.0 Å². The molecule has 0 fully saturated rings. The average Bonchev–Trinajstić information content (AvgIpc) is 2.81. The van der Waals surface area contributed by atoms with E-state index in [1.807, 2.05) is 13.0 Å². The minimum Gasteiger partial charge on any atom is -0.496 e. The Morgan fingerprint density at radius 3 is 2.29 bits per heavy atom. The Morgan fingerprint density at radius 2 is 1.68 bits per heavy atom. The van der Waals surface area contributed by atoms with E-state index in [2.05, 4.69) is 0 Å². The molecule has 0 spiro atoms. The van der Waals surface area contributed by atoms with Gasteiger partial charge in [-0.3, -0.25) is 4.79 Å². The number of halogens is 3. The third kappa shape index (κ3) is 8.13. The molecule has 0 saturated carbocycles. The Kier molecular flexibility index (Phi) is 10.0. The minimum atomic E-state index is -4.47. The van der Waals surface area contributed by atoms with Crippen LogP contribution in [0, 0.1) is 12.8 Å². The second-order valence-electron chi connectivity index (χ2n) is 7.92. The molecule has 2 aromatic rings. The van der Waals surface area contributed by atoms with Crippen LogP contribution in [-0.2, 0) is 18.0 Å². The number of hydrogen-bond acceptors (Lipinski definition) is 5. The number of alkyl halides is 3. The van der Waals surface area contributed by atoms with Gasteiger partial charge in [-0.1, -0.05) is 42.5 Å². The quantitative estimate of drug-likeness (QED) is 0.411. The molecule has 34 heavy (non-hydrogen) atoms. The van der Waals surface area contributed by atoms with Crippen molar-refractivity contribution in [2.24, 2.45) is 5.92 Å². The zero-order valence-corrected chi connectivity index (χ0v) is 19.0. The van der Waals surface area contributed by atoms with Crippen molar-refractivity contribution in [3.63, 3.8) is 0 Å². The summed E-state index contributed by atoms with van der Waals surface area (Å²) in [6, 6.07) is 10.1. The lowest BCUT2D eigenvalue weighted by Gasteiger charge is -2.19. The highest BCUT2D eigenvalue weighted by Crippen LogP contribution is 2.27. The summed E-state index contributed by atoms with van der Waals surface area (Å²) in [6.45, 7) is 1.29. The first-order valence-corrected chi connectivity index (χ1v) is 10.7. The lowest BCUT2D eigenvalue weighted by molar-refractivity contribution is -0.141. The first-order valence-electron chi connectivity index (χ1n) is 10.7. The molecule has 2 unspecified atom stereocenters. The van der Waals surface area contributed by atoms with Crippen molar-refractivity contribution >= 4 is 17.9 Å². The predicted molar refractivity (Wildman–Crippen MR) is 124 cm³/mol. The highest BCUT2D eigenvalue weighted by Gasteiger charge is 2.32. The summed E-state index contributed by atoms with van der Waals surface area (Å²) in [4.78, 5) is 12.8. The van der Waals surface area contributed by atoms with Crippen molar-refractivity contribution in [1.82, 2.24) is 0 Å². The van der Waals surface area contributed by atoms with Crippen LogP contribution in [-0.4, -0.2) is 40.5 Å². The first kappa shape index (κ1) is 27.3. The van der Waals surface area contributed by atoms with Gasteiger partial charge in [0.15, 0.2) is 5.78 Å². The third-order valence-electron chi connectivity index (χ3n) is 5.45. The highest BCUT2D eigenvalue weighted by molar-refractivity contribution is 5.96. The molecule has 0 aliphatic heterocycles. The monoisotopic (exact) mass is 478 g/mol. The van der Waals surface area contributed by atoms with Crippen LogP contribution in [0.4, 0.5) is 13.2 Å². The fourth-order valence-corrected chi connectivity index (χ4v) is 3.44. The normalized spacial score (nSPS) is 14.0. The van der Waals surface area contributed by atoms with E-state index < -0.39 is 36.8 Å². The van der Waals surface area contributed by atoms with E-state index in [1.165, 1.54) is 25.3 Å². The molecule has 0 aliphatic carbocycles. The van der Waals surface area contributed by atoms with E-state index in [4.69, 9.17) is 4.74 Å². The Hall–Kier alpha value is -2.94. The number of allylic oxidation sites excluding steroid dienone is 1. The molecule has 5 nitrogen and oxygen atoms in total. The van der Waals surface area contributed by atoms with Crippen LogP contribution >= 0.6 is 0 Å². The fourth-order valence-electron chi connectivity index (χ4n) is 3.44. The van der Waals surface area contributed by atoms with Crippen LogP contribution in [0.25, 0.3) is 12.2 Å². The van der Waals surface area contributed by atoms with Gasteiger partial charge in [0, 0.05) is 6.42 Å². The van der Waals surface area contributed by atoms with Crippen LogP contribution in [0.5, 0.6) is 5.75 Å². The van der Waals surface area contributed by atoms with E-state index in [0.717, 1.165) is 11.6 Å². The van der Waals surface area contributed by atoms with Gasteiger partial charge >= 0.3 is 6.18 Å². The smallest absolute Gasteiger partial charge is 0.389 e. The molecule has 2 rings (SSSR count). The Bertz CT molecular complexity index is 1030. The summed E-state index contributed by atoms with van der Waals surface area (Å²) in [7, 11) is 1.52. The largest absolute Gasteiger partial charge is 0.496 e. The summed E-state index contributed by atoms with van der Waals surface area (Å²) in [5.41, 5.74) is 3.10. The summed E-state index contributed by atoms with van der Waals surface area (Å²) < 4.78 is 43.7. The Balaban J connectivity index is 2.23. The third-order valence-corrected chi connectivity index (χ3v) is 5.45. The zero-order valence-electron chi connectivity index (χ0n) is 19.0. The van der Waals surface area contributed by atoms with Crippen molar-refractivity contribution in [3.8, 4) is 5.75 Å². The summed E-state index contributed by atoms with van der Waals surface area (Å²) in [5, 5.41) is 29.2. The molecule has 2 atom stereocenters. The van der Waals surface area contributed by atoms with Gasteiger partial charge in [0.2, 0.25) is 0 Å². The molecule has 0 saturated heterocycles. The molecule has 8 heteroatoms. The maximum atomic E-state index is 12.8. The van der Waals surface area contributed by atoms with Gasteiger partial charge in [0.05, 0.1) is 32.3 Å². The second kappa shape index (κ2) is 12.5. The number of aliphatic hydroxyl groups is 3. The topological polar surface area (TPSA) is 87.0 Å². The number of ether oxygens (including phenoxy) is 1. The average molecular weight is 479 g/mol. The molecule has 2 aromatic carbocycles. The number of methoxy groups -OCH3 is 1. The summed E-state index contributed by atoms with van der Waals surface area (Å²) >= 11 is 0. The van der Waals surface area contributed by atoms with E-state index in [0.29, 0.717) is 28.0 Å². The van der Waals surface area contributed by atoms with E-state index in [-0.39, 0.29) is 13.2 Å². The maximum absolute atomic E-state index is 12.8. The van der Waals surface area contributed by atoms with Crippen molar-refractivity contribution in [2.45, 2.75) is 45.3 Å². The number of hydrogen-bond donors (Lipinski definition) is 3. The lowest BCUT2D eigenvalue weighted by Crippen LogP contribution is -2.27. The number of carbonyl (C=O) groups is 1. The van der Waals surface area contributed by atoms with Crippen LogP contribution in [0.3, 0.4) is 0 Å². The Morgan fingerprint density at radius 1 is 1.03 bits per heavy atom. The minimum absolute atomic E-state index is 0.260. The van der Waals surface area contributed by atoms with Gasteiger partial charge in [0.25, 0.3) is 0 Å². The van der Waals surface area contributed by atoms with Gasteiger partial charge in [-0.05, 0) is 59.4 Å². The van der Waals surface area contributed by atoms with Gasteiger partial charge in [-0.25, -0.2) is 0 Å². The van der Waals surface area contributed by atoms with Gasteiger partial charge in [-0.15, -0.1) is 0 Å². The number of rotatable bonds is 11. The molecule has 3 N–H and O–H groups in total. The number of aliphatic hydroxyl groups excluding tert-OH is 3. The van der Waals surface area contributed by atoms with Crippen molar-refractivity contribution in [1.29, 1.82) is 0 Å². The summed E-state index contributed by atoms with van der Waals surface area (Å²) in [5.74, 6) is -1.33. The van der Waals surface area contributed by atoms with Crippen molar-refractivity contribution in [3.05, 3.63) is 76.4 Å². The Labute approximate surface area is 196 Å². The molecule has 184 valence electrons. The molecule has 0 aliphatic rings. The lowest BCUT2D eigenvalue weighted by atomic mass is 9.90. The summed E-state index contributed by atoms with van der Waals surface area (Å²) in [6.07, 6.45) is -2.31. The van der Waals surface area contributed by atoms with E-state index >= 15 is 0 Å². The molecule has 0 radical (unpaired) electrons. The predicted octanol–water partition coefficient (Wildman–Crippen LogP) is 4.60. The van der Waals surface area contributed by atoms with E-state index in [1.54, 1.807) is 30.3 Å². The van der Waals surface area contributed by atoms with Crippen LogP contribution < -0.4 is 4.74 Å². The van der Waals surface area contributed by atoms with Gasteiger partial charge < -0.3 is 20.1 Å². The van der Waals surface area contributed by atoms with Crippen LogP contribution in [0.15, 0.2) is 48.6 Å². The molecule has 0 heterocycles. The maximum Gasteiger partial charge on any atom is 0.389 e. The number of benzene rings is 2. The van der Waals surface area contributed by atoms with Crippen LogP contribution in [0.1, 0.15) is 40.7 Å². The number of aryl methyl sites for hydroxylation is 1. The van der Waals surface area contributed by atoms with Crippen LogP contribution in [0.2, 0.25) is 0 Å². The molecule has 0 amide bonds. The first-order chi connectivity index (χ1) is 16.1. The fraction of sp³-hybridized carbons (Fsp3) is 0.346. The zero-order chi connectivity index (χ0) is 25.3. The number of ketones is 1. The second-order valence-corrected chi connectivity index (χ2v) is 7.92. The molecule has 0 aromatic heterocycles. The van der Waals surface area contributed by atoms with Gasteiger partial charge in [0.1, 0.15) is 5.75 Å². The van der Waals surface area contributed by atoms with E-state index in [9.17, 15) is 33.3 Å². The molecular weight excluding hydrogens is 449 g/mol. The molecule has 0 bridgehead atoms. The SMILES string of the molecule is COc1cc(/C=C/C(O)C(CCC(F)(F)F)C(=O)/C=C/c2ccc(CO)c(CO)c2)ccc1C. The standard InChI is InChI=1S/C26H29F3O5/c1-17-3-4-19(14-25(17)34-2)7-10-24(33)22(11-12-26(27,28)29)23(32)9-6-18-5-8-20(15-30)21(13-18)16-31/h3-10,13-14,22,24,30-31,33H,11-12,15-16H2,1-2H3/b9-6+,10-7+. The molecular formula is C26H29F3O5. The highest BCUT2D eigenvalue weighted by atomic mass is 19.4. The number of carbonyl (C=O) groups excluding carboxylic acids is 1.